The summed E-state index contributed by atoms with van der Waals surface area (Å²) in [6.45, 7) is 3.54. The van der Waals surface area contributed by atoms with E-state index < -0.39 is 0 Å². The molecule has 1 aromatic heterocycles. The van der Waals surface area contributed by atoms with Gasteiger partial charge < -0.3 is 15.5 Å². The molecule has 2 heterocycles. The Kier molecular flexibility index (Phi) is 4.70. The lowest BCUT2D eigenvalue weighted by Gasteiger charge is -2.17. The van der Waals surface area contributed by atoms with E-state index in [0.717, 1.165) is 19.4 Å². The molecule has 1 fully saturated rings. The molecule has 104 valence electrons. The van der Waals surface area contributed by atoms with Crippen molar-refractivity contribution in [1.82, 2.24) is 10.3 Å². The second-order valence-corrected chi connectivity index (χ2v) is 4.65. The number of anilines is 1. The Bertz CT molecular complexity index is 421. The molecule has 0 saturated carbocycles. The number of hydrogen-bond donors (Lipinski definition) is 3. The monoisotopic (exact) mass is 264 g/mol. The quantitative estimate of drug-likeness (QED) is 0.543. The van der Waals surface area contributed by atoms with Crippen LogP contribution >= 0.6 is 0 Å². The van der Waals surface area contributed by atoms with Crippen LogP contribution in [-0.2, 0) is 4.74 Å². The van der Waals surface area contributed by atoms with Crippen LogP contribution in [0.1, 0.15) is 30.1 Å². The molecule has 6 nitrogen and oxygen atoms in total. The van der Waals surface area contributed by atoms with E-state index in [9.17, 15) is 4.79 Å². The molecule has 2 atom stereocenters. The number of nitrogens with one attached hydrogen (secondary N) is 2. The first-order valence-corrected chi connectivity index (χ1v) is 6.57. The number of pyridine rings is 1. The molecule has 0 radical (unpaired) electrons. The summed E-state index contributed by atoms with van der Waals surface area (Å²) in [6, 6.07) is 3.36. The van der Waals surface area contributed by atoms with Gasteiger partial charge in [0.15, 0.2) is 0 Å². The molecule has 6 heteroatoms. The fourth-order valence-corrected chi connectivity index (χ4v) is 2.32. The van der Waals surface area contributed by atoms with Gasteiger partial charge in [-0.2, -0.15) is 0 Å². The summed E-state index contributed by atoms with van der Waals surface area (Å²) in [5.74, 6) is 6.05. The Morgan fingerprint density at radius 3 is 3.05 bits per heavy atom. The fourth-order valence-electron chi connectivity index (χ4n) is 2.32. The molecule has 1 aliphatic rings. The van der Waals surface area contributed by atoms with Gasteiger partial charge in [-0.1, -0.05) is 6.92 Å². The van der Waals surface area contributed by atoms with Crippen LogP contribution in [0.15, 0.2) is 18.3 Å². The summed E-state index contributed by atoms with van der Waals surface area (Å²) < 4.78 is 5.60. The van der Waals surface area contributed by atoms with E-state index in [-0.39, 0.29) is 12.0 Å². The lowest BCUT2D eigenvalue weighted by molar-refractivity contribution is 0.0827. The van der Waals surface area contributed by atoms with Crippen LogP contribution in [0.3, 0.4) is 0 Å². The maximum Gasteiger partial charge on any atom is 0.252 e. The zero-order valence-electron chi connectivity index (χ0n) is 11.1. The lowest BCUT2D eigenvalue weighted by atomic mass is 9.99. The van der Waals surface area contributed by atoms with E-state index in [4.69, 9.17) is 10.6 Å². The first kappa shape index (κ1) is 13.8. The minimum Gasteiger partial charge on any atom is -0.378 e. The third kappa shape index (κ3) is 3.42. The normalized spacial score (nSPS) is 22.2. The Morgan fingerprint density at radius 1 is 1.58 bits per heavy atom. The smallest absolute Gasteiger partial charge is 0.252 e. The standard InChI is InChI=1S/C13H20N4O2/c1-2-11-9(5-6-19-11)7-16-13(18)10-3-4-12(17-14)15-8-10/h3-4,8-9,11H,2,5-7,14H2,1H3,(H,15,17)(H,16,18). The predicted octanol–water partition coefficient (Wildman–Crippen LogP) is 0.912. The highest BCUT2D eigenvalue weighted by Gasteiger charge is 2.26. The highest BCUT2D eigenvalue weighted by Crippen LogP contribution is 2.22. The summed E-state index contributed by atoms with van der Waals surface area (Å²) in [5, 5.41) is 2.93. The van der Waals surface area contributed by atoms with Crippen LogP contribution in [-0.4, -0.2) is 30.1 Å². The zero-order valence-corrected chi connectivity index (χ0v) is 11.1. The van der Waals surface area contributed by atoms with Crippen molar-refractivity contribution in [1.29, 1.82) is 0 Å². The van der Waals surface area contributed by atoms with E-state index in [1.54, 1.807) is 12.1 Å². The number of carbonyl (C=O) groups is 1. The van der Waals surface area contributed by atoms with Crippen molar-refractivity contribution >= 4 is 11.7 Å². The van der Waals surface area contributed by atoms with Crippen molar-refractivity contribution in [2.24, 2.45) is 11.8 Å². The number of carbonyl (C=O) groups excluding carboxylic acids is 1. The summed E-state index contributed by atoms with van der Waals surface area (Å²) in [6.07, 6.45) is 3.76. The van der Waals surface area contributed by atoms with Crippen LogP contribution in [0.4, 0.5) is 5.82 Å². The molecule has 1 amide bonds. The van der Waals surface area contributed by atoms with E-state index in [0.29, 0.717) is 23.8 Å². The van der Waals surface area contributed by atoms with Crippen LogP contribution in [0.5, 0.6) is 0 Å². The van der Waals surface area contributed by atoms with Gasteiger partial charge in [0.2, 0.25) is 0 Å². The van der Waals surface area contributed by atoms with Gasteiger partial charge in [0.25, 0.3) is 5.91 Å². The van der Waals surface area contributed by atoms with Crippen LogP contribution in [0.2, 0.25) is 0 Å². The third-order valence-corrected chi connectivity index (χ3v) is 3.45. The third-order valence-electron chi connectivity index (χ3n) is 3.45. The molecule has 2 unspecified atom stereocenters. The number of ether oxygens (including phenoxy) is 1. The molecule has 0 spiro atoms. The molecule has 2 rings (SSSR count). The van der Waals surface area contributed by atoms with E-state index in [2.05, 4.69) is 22.7 Å². The van der Waals surface area contributed by atoms with Crippen molar-refractivity contribution in [3.8, 4) is 0 Å². The summed E-state index contributed by atoms with van der Waals surface area (Å²) in [4.78, 5) is 16.0. The minimum absolute atomic E-state index is 0.113. The summed E-state index contributed by atoms with van der Waals surface area (Å²) >= 11 is 0. The number of nitrogens with two attached hydrogens (primary N) is 1. The first-order chi connectivity index (χ1) is 9.24. The maximum absolute atomic E-state index is 12.0. The highest BCUT2D eigenvalue weighted by molar-refractivity contribution is 5.94. The van der Waals surface area contributed by atoms with E-state index >= 15 is 0 Å². The molecule has 1 saturated heterocycles. The van der Waals surface area contributed by atoms with Crippen molar-refractivity contribution in [3.63, 3.8) is 0 Å². The van der Waals surface area contributed by atoms with Gasteiger partial charge >= 0.3 is 0 Å². The van der Waals surface area contributed by atoms with Gasteiger partial charge in [0, 0.05) is 25.3 Å². The molecule has 19 heavy (non-hydrogen) atoms. The highest BCUT2D eigenvalue weighted by atomic mass is 16.5. The predicted molar refractivity (Wildman–Crippen MR) is 72.5 cm³/mol. The maximum atomic E-state index is 12.0. The molecule has 1 aliphatic heterocycles. The first-order valence-electron chi connectivity index (χ1n) is 6.57. The molecule has 0 aromatic carbocycles. The van der Waals surface area contributed by atoms with E-state index in [1.165, 1.54) is 6.20 Å². The molecular formula is C13H20N4O2. The van der Waals surface area contributed by atoms with Crippen molar-refractivity contribution in [2.45, 2.75) is 25.9 Å². The average molecular weight is 264 g/mol. The SMILES string of the molecule is CCC1OCCC1CNC(=O)c1ccc(NN)nc1. The Hall–Kier alpha value is -1.66. The number of nitrogen functional groups attached to an aromatic ring is 1. The number of nitrogens with zero attached hydrogens (tertiary/aromatic N) is 1. The molecule has 4 N–H and O–H groups in total. The zero-order chi connectivity index (χ0) is 13.7. The van der Waals surface area contributed by atoms with Gasteiger partial charge in [-0.15, -0.1) is 0 Å². The largest absolute Gasteiger partial charge is 0.378 e. The number of amides is 1. The van der Waals surface area contributed by atoms with E-state index in [1.807, 2.05) is 0 Å². The van der Waals surface area contributed by atoms with Crippen LogP contribution in [0.25, 0.3) is 0 Å². The number of hydrazine groups is 1. The Labute approximate surface area is 112 Å². The molecule has 1 aromatic rings. The topological polar surface area (TPSA) is 89.3 Å². The second kappa shape index (κ2) is 6.49. The number of hydrogen-bond acceptors (Lipinski definition) is 5. The van der Waals surface area contributed by atoms with Crippen molar-refractivity contribution < 1.29 is 9.53 Å². The van der Waals surface area contributed by atoms with Crippen LogP contribution in [0, 0.1) is 5.92 Å². The molecule has 0 aliphatic carbocycles. The summed E-state index contributed by atoms with van der Waals surface area (Å²) in [7, 11) is 0. The number of rotatable bonds is 5. The van der Waals surface area contributed by atoms with Crippen molar-refractivity contribution in [2.75, 3.05) is 18.6 Å². The van der Waals surface area contributed by atoms with Crippen molar-refractivity contribution in [3.05, 3.63) is 23.9 Å². The second-order valence-electron chi connectivity index (χ2n) is 4.65. The van der Waals surface area contributed by atoms with Gasteiger partial charge in [-0.05, 0) is 25.0 Å². The molecular weight excluding hydrogens is 244 g/mol. The Balaban J connectivity index is 1.86. The minimum atomic E-state index is -0.113. The lowest BCUT2D eigenvalue weighted by Crippen LogP contribution is -2.32. The van der Waals surface area contributed by atoms with Crippen LogP contribution < -0.4 is 16.6 Å². The Morgan fingerprint density at radius 2 is 2.42 bits per heavy atom. The van der Waals surface area contributed by atoms with Gasteiger partial charge in [0.1, 0.15) is 5.82 Å². The average Bonchev–Trinajstić information content (AvgIpc) is 2.92. The van der Waals surface area contributed by atoms with Gasteiger partial charge in [0.05, 0.1) is 11.7 Å². The summed E-state index contributed by atoms with van der Waals surface area (Å²) in [5.41, 5.74) is 2.96. The van der Waals surface area contributed by atoms with Gasteiger partial charge in [-0.25, -0.2) is 10.8 Å². The number of aromatic nitrogens is 1. The fraction of sp³-hybridized carbons (Fsp3) is 0.538. The van der Waals surface area contributed by atoms with Gasteiger partial charge in [-0.3, -0.25) is 4.79 Å². The molecule has 0 bridgehead atoms.